The number of hydrogen-bond acceptors (Lipinski definition) is 3. The van der Waals surface area contributed by atoms with Gasteiger partial charge in [-0.05, 0) is 29.3 Å². The van der Waals surface area contributed by atoms with Gasteiger partial charge in [0.1, 0.15) is 12.4 Å². The summed E-state index contributed by atoms with van der Waals surface area (Å²) in [4.78, 5) is 7.53. The van der Waals surface area contributed by atoms with Crippen LogP contribution < -0.4 is 4.74 Å². The summed E-state index contributed by atoms with van der Waals surface area (Å²) >= 11 is 5.52. The normalized spacial score (nSPS) is 10.1. The summed E-state index contributed by atoms with van der Waals surface area (Å²) < 4.78 is 18.2. The van der Waals surface area contributed by atoms with Crippen LogP contribution in [0.3, 0.4) is 0 Å². The van der Waals surface area contributed by atoms with Crippen molar-refractivity contribution in [2.45, 2.75) is 6.61 Å². The molecule has 0 amide bonds. The van der Waals surface area contributed by atoms with Gasteiger partial charge in [0, 0.05) is 0 Å². The molecule has 1 aromatic heterocycles. The Morgan fingerprint density at radius 3 is 2.69 bits per heavy atom. The molecule has 1 aromatic carbocycles. The van der Waals surface area contributed by atoms with E-state index < -0.39 is 0 Å². The molecule has 0 fully saturated rings. The lowest BCUT2D eigenvalue weighted by Gasteiger charge is -2.05. The zero-order valence-corrected chi connectivity index (χ0v) is 8.99. The van der Waals surface area contributed by atoms with E-state index in [1.165, 1.54) is 24.5 Å². The fraction of sp³-hybridized carbons (Fsp3) is 0.0909. The second-order valence-electron chi connectivity index (χ2n) is 3.11. The predicted octanol–water partition coefficient (Wildman–Crippen LogP) is 2.85. The largest absolute Gasteiger partial charge is 0.486 e. The van der Waals surface area contributed by atoms with E-state index in [1.807, 2.05) is 0 Å². The highest BCUT2D eigenvalue weighted by Crippen LogP contribution is 2.12. The Hall–Kier alpha value is -1.68. The van der Waals surface area contributed by atoms with E-state index in [0.717, 1.165) is 5.56 Å². The second kappa shape index (κ2) is 4.90. The summed E-state index contributed by atoms with van der Waals surface area (Å²) in [7, 11) is 0. The minimum Gasteiger partial charge on any atom is -0.486 e. The van der Waals surface area contributed by atoms with Gasteiger partial charge in [-0.1, -0.05) is 12.1 Å². The summed E-state index contributed by atoms with van der Waals surface area (Å²) in [5.41, 5.74) is 0.745. The van der Waals surface area contributed by atoms with E-state index >= 15 is 0 Å². The molecule has 0 saturated carbocycles. The van der Waals surface area contributed by atoms with E-state index in [-0.39, 0.29) is 17.7 Å². The Bertz CT molecular complexity index is 476. The molecule has 2 aromatic rings. The lowest BCUT2D eigenvalue weighted by molar-refractivity contribution is 0.303. The Balaban J connectivity index is 1.99. The molecule has 2 rings (SSSR count). The first kappa shape index (κ1) is 10.8. The zero-order chi connectivity index (χ0) is 11.4. The Kier molecular flexibility index (Phi) is 3.31. The number of hydrogen-bond donors (Lipinski definition) is 0. The first-order valence-corrected chi connectivity index (χ1v) is 4.96. The molecule has 0 saturated heterocycles. The monoisotopic (exact) mass is 238 g/mol. The van der Waals surface area contributed by atoms with Crippen LogP contribution in [0.1, 0.15) is 5.56 Å². The van der Waals surface area contributed by atoms with Gasteiger partial charge in [0.15, 0.2) is 5.75 Å². The SMILES string of the molecule is Fc1cccc(COc2cnc(Cl)nc2)c1. The van der Waals surface area contributed by atoms with Crippen LogP contribution in [0.4, 0.5) is 4.39 Å². The molecule has 0 aliphatic carbocycles. The van der Waals surface area contributed by atoms with Crippen molar-refractivity contribution < 1.29 is 9.13 Å². The van der Waals surface area contributed by atoms with Crippen molar-refractivity contribution in [3.8, 4) is 5.75 Å². The van der Waals surface area contributed by atoms with Gasteiger partial charge in [0.05, 0.1) is 12.4 Å². The average Bonchev–Trinajstić information content (AvgIpc) is 2.28. The van der Waals surface area contributed by atoms with E-state index in [4.69, 9.17) is 16.3 Å². The summed E-state index contributed by atoms with van der Waals surface area (Å²) in [6.45, 7) is 0.267. The molecule has 16 heavy (non-hydrogen) atoms. The van der Waals surface area contributed by atoms with E-state index in [9.17, 15) is 4.39 Å². The highest BCUT2D eigenvalue weighted by Gasteiger charge is 1.98. The fourth-order valence-corrected chi connectivity index (χ4v) is 1.27. The average molecular weight is 239 g/mol. The molecule has 0 N–H and O–H groups in total. The van der Waals surface area contributed by atoms with E-state index in [0.29, 0.717) is 5.75 Å². The maximum atomic E-state index is 12.8. The molecule has 82 valence electrons. The van der Waals surface area contributed by atoms with Crippen molar-refractivity contribution >= 4 is 11.6 Å². The van der Waals surface area contributed by atoms with Crippen molar-refractivity contribution in [2.24, 2.45) is 0 Å². The van der Waals surface area contributed by atoms with Gasteiger partial charge in [-0.15, -0.1) is 0 Å². The van der Waals surface area contributed by atoms with Gasteiger partial charge in [-0.25, -0.2) is 14.4 Å². The van der Waals surface area contributed by atoms with Crippen LogP contribution in [0.25, 0.3) is 0 Å². The quantitative estimate of drug-likeness (QED) is 0.772. The van der Waals surface area contributed by atoms with Crippen molar-refractivity contribution in [1.29, 1.82) is 0 Å². The summed E-state index contributed by atoms with van der Waals surface area (Å²) in [5.74, 6) is 0.210. The number of halogens is 2. The van der Waals surface area contributed by atoms with E-state index in [2.05, 4.69) is 9.97 Å². The fourth-order valence-electron chi connectivity index (χ4n) is 1.17. The van der Waals surface area contributed by atoms with Crippen LogP contribution in [-0.2, 0) is 6.61 Å². The Morgan fingerprint density at radius 2 is 2.00 bits per heavy atom. The van der Waals surface area contributed by atoms with Gasteiger partial charge in [-0.3, -0.25) is 0 Å². The number of aromatic nitrogens is 2. The van der Waals surface area contributed by atoms with Crippen molar-refractivity contribution in [1.82, 2.24) is 9.97 Å². The standard InChI is InChI=1S/C11H8ClFN2O/c12-11-14-5-10(6-15-11)16-7-8-2-1-3-9(13)4-8/h1-6H,7H2. The van der Waals surface area contributed by atoms with E-state index in [1.54, 1.807) is 12.1 Å². The number of rotatable bonds is 3. The number of nitrogens with zero attached hydrogens (tertiary/aromatic N) is 2. The first-order valence-electron chi connectivity index (χ1n) is 4.59. The topological polar surface area (TPSA) is 35.0 Å². The van der Waals surface area contributed by atoms with Gasteiger partial charge in [0.25, 0.3) is 0 Å². The molecule has 0 unspecified atom stereocenters. The highest BCUT2D eigenvalue weighted by molar-refractivity contribution is 6.28. The molecule has 5 heteroatoms. The molecule has 3 nitrogen and oxygen atoms in total. The van der Waals surface area contributed by atoms with Crippen LogP contribution in [0, 0.1) is 5.82 Å². The van der Waals surface area contributed by atoms with Gasteiger partial charge in [-0.2, -0.15) is 0 Å². The van der Waals surface area contributed by atoms with Crippen LogP contribution in [-0.4, -0.2) is 9.97 Å². The maximum absolute atomic E-state index is 12.8. The lowest BCUT2D eigenvalue weighted by Crippen LogP contribution is -1.96. The third kappa shape index (κ3) is 2.90. The third-order valence-corrected chi connectivity index (χ3v) is 2.09. The highest BCUT2D eigenvalue weighted by atomic mass is 35.5. The predicted molar refractivity (Wildman–Crippen MR) is 57.8 cm³/mol. The third-order valence-electron chi connectivity index (χ3n) is 1.89. The second-order valence-corrected chi connectivity index (χ2v) is 3.44. The molecular formula is C11H8ClFN2O. The lowest BCUT2D eigenvalue weighted by atomic mass is 10.2. The molecule has 0 bridgehead atoms. The van der Waals surface area contributed by atoms with Gasteiger partial charge < -0.3 is 4.74 Å². The zero-order valence-electron chi connectivity index (χ0n) is 8.23. The van der Waals surface area contributed by atoms with Crippen LogP contribution in [0.2, 0.25) is 5.28 Å². The van der Waals surface area contributed by atoms with Crippen LogP contribution in [0.15, 0.2) is 36.7 Å². The van der Waals surface area contributed by atoms with Gasteiger partial charge >= 0.3 is 0 Å². The molecule has 0 aliphatic rings. The molecule has 0 radical (unpaired) electrons. The number of benzene rings is 1. The molecule has 1 heterocycles. The van der Waals surface area contributed by atoms with Gasteiger partial charge in [0.2, 0.25) is 5.28 Å². The van der Waals surface area contributed by atoms with Crippen LogP contribution in [0.5, 0.6) is 5.75 Å². The van der Waals surface area contributed by atoms with Crippen molar-refractivity contribution in [2.75, 3.05) is 0 Å². The Labute approximate surface area is 96.9 Å². The van der Waals surface area contributed by atoms with Crippen molar-refractivity contribution in [3.63, 3.8) is 0 Å². The summed E-state index contributed by atoms with van der Waals surface area (Å²) in [6.07, 6.45) is 2.93. The maximum Gasteiger partial charge on any atom is 0.222 e. The Morgan fingerprint density at radius 1 is 1.25 bits per heavy atom. The molecule has 0 aliphatic heterocycles. The minimum absolute atomic E-state index is 0.165. The molecular weight excluding hydrogens is 231 g/mol. The summed E-state index contributed by atoms with van der Waals surface area (Å²) in [5, 5.41) is 0.165. The van der Waals surface area contributed by atoms with Crippen molar-refractivity contribution in [3.05, 3.63) is 53.3 Å². The smallest absolute Gasteiger partial charge is 0.222 e. The molecule has 0 spiro atoms. The number of ether oxygens (including phenoxy) is 1. The molecule has 0 atom stereocenters. The first-order chi connectivity index (χ1) is 7.74. The van der Waals surface area contributed by atoms with Crippen LogP contribution >= 0.6 is 11.6 Å². The summed E-state index contributed by atoms with van der Waals surface area (Å²) in [6, 6.07) is 6.21. The minimum atomic E-state index is -0.284.